The van der Waals surface area contributed by atoms with Crippen LogP contribution in [-0.4, -0.2) is 33.6 Å². The largest absolute Gasteiger partial charge is 0.490 e. The van der Waals surface area contributed by atoms with Crippen LogP contribution in [0.4, 0.5) is 0 Å². The molecule has 1 N–H and O–H groups in total. The van der Waals surface area contributed by atoms with Crippen molar-refractivity contribution in [2.45, 2.75) is 13.5 Å². The molecular formula is C33H22Br2ClN3O6. The number of ether oxygens (including phenoxy) is 2. The minimum absolute atomic E-state index is 0.101. The van der Waals surface area contributed by atoms with Gasteiger partial charge in [-0.1, -0.05) is 35.9 Å². The minimum atomic E-state index is -1.02. The third-order valence-corrected chi connectivity index (χ3v) is 9.16. The first kappa shape index (κ1) is 30.6. The fourth-order valence-electron chi connectivity index (χ4n) is 4.68. The van der Waals surface area contributed by atoms with Gasteiger partial charge in [-0.3, -0.25) is 4.79 Å². The number of fused-ring (bicyclic) bond motifs is 2. The van der Waals surface area contributed by atoms with Crippen LogP contribution in [0.1, 0.15) is 28.4 Å². The maximum Gasteiger partial charge on any atom is 0.335 e. The van der Waals surface area contributed by atoms with E-state index in [-0.39, 0.29) is 23.6 Å². The van der Waals surface area contributed by atoms with Gasteiger partial charge in [-0.2, -0.15) is 9.78 Å². The number of rotatable bonds is 9. The highest BCUT2D eigenvalue weighted by molar-refractivity contribution is 9.13. The first-order valence-electron chi connectivity index (χ1n) is 13.6. The van der Waals surface area contributed by atoms with Crippen LogP contribution in [0, 0.1) is 0 Å². The Morgan fingerprint density at radius 1 is 1.04 bits per heavy atom. The molecular weight excluding hydrogens is 730 g/mol. The van der Waals surface area contributed by atoms with Gasteiger partial charge in [-0.15, -0.1) is 0 Å². The van der Waals surface area contributed by atoms with Gasteiger partial charge in [0.05, 0.1) is 33.8 Å². The number of hydrogen-bond donors (Lipinski definition) is 1. The van der Waals surface area contributed by atoms with Crippen molar-refractivity contribution >= 4 is 77.5 Å². The van der Waals surface area contributed by atoms with Crippen molar-refractivity contribution in [3.8, 4) is 23.1 Å². The summed E-state index contributed by atoms with van der Waals surface area (Å²) in [6.07, 6.45) is 1.51. The van der Waals surface area contributed by atoms with Crippen molar-refractivity contribution in [3.63, 3.8) is 0 Å². The molecule has 0 amide bonds. The predicted molar refractivity (Wildman–Crippen MR) is 180 cm³/mol. The molecule has 45 heavy (non-hydrogen) atoms. The lowest BCUT2D eigenvalue weighted by molar-refractivity contribution is 0.0696. The van der Waals surface area contributed by atoms with Gasteiger partial charge in [0.2, 0.25) is 5.82 Å². The van der Waals surface area contributed by atoms with Crippen LogP contribution < -0.4 is 15.0 Å². The molecule has 226 valence electrons. The number of nitrogens with zero attached hydrogens (tertiary/aromatic N) is 3. The topological polar surface area (TPSA) is 116 Å². The summed E-state index contributed by atoms with van der Waals surface area (Å²) in [5.41, 5.74) is 2.12. The minimum Gasteiger partial charge on any atom is -0.490 e. The molecule has 0 saturated heterocycles. The summed E-state index contributed by atoms with van der Waals surface area (Å²) in [6, 6.07) is 22.3. The number of carboxylic acids is 1. The fraction of sp³-hybridized carbons (Fsp3) is 0.0909. The zero-order chi connectivity index (χ0) is 31.7. The Morgan fingerprint density at radius 3 is 2.67 bits per heavy atom. The van der Waals surface area contributed by atoms with E-state index in [1.807, 2.05) is 6.92 Å². The molecule has 0 aliphatic carbocycles. The summed E-state index contributed by atoms with van der Waals surface area (Å²) in [6.45, 7) is 2.30. The van der Waals surface area contributed by atoms with Crippen LogP contribution >= 0.6 is 43.5 Å². The monoisotopic (exact) mass is 749 g/mol. The second kappa shape index (κ2) is 12.9. The number of para-hydroxylation sites is 1. The summed E-state index contributed by atoms with van der Waals surface area (Å²) in [4.78, 5) is 29.8. The van der Waals surface area contributed by atoms with Gasteiger partial charge in [0.15, 0.2) is 17.3 Å². The van der Waals surface area contributed by atoms with E-state index >= 15 is 0 Å². The summed E-state index contributed by atoms with van der Waals surface area (Å²) in [5.74, 6) is 0.367. The van der Waals surface area contributed by atoms with Crippen molar-refractivity contribution in [2.24, 2.45) is 5.10 Å². The van der Waals surface area contributed by atoms with E-state index in [9.17, 15) is 14.7 Å². The van der Waals surface area contributed by atoms with Gasteiger partial charge >= 0.3 is 5.97 Å². The summed E-state index contributed by atoms with van der Waals surface area (Å²) in [7, 11) is 0. The molecule has 0 aliphatic heterocycles. The smallest absolute Gasteiger partial charge is 0.335 e. The summed E-state index contributed by atoms with van der Waals surface area (Å²) in [5, 5.41) is 15.6. The standard InChI is InChI=1S/C33H22Br2ClN3O6/c1-2-43-26-15-21(28(34)29(35)30(26)44-17-18-6-5-7-19(12-18)33(41)42)16-37-39-31(38-24-9-4-3-8-23(24)32(39)40)27-14-20-13-22(36)10-11-25(20)45-27/h3-16H,2,17H2,1H3,(H,41,42). The van der Waals surface area contributed by atoms with Crippen LogP contribution in [0.2, 0.25) is 5.02 Å². The van der Waals surface area contributed by atoms with Crippen molar-refractivity contribution < 1.29 is 23.8 Å². The quantitative estimate of drug-likeness (QED) is 0.147. The van der Waals surface area contributed by atoms with Crippen LogP contribution in [0.15, 0.2) is 102 Å². The second-order valence-electron chi connectivity index (χ2n) is 9.76. The van der Waals surface area contributed by atoms with Crippen LogP contribution in [0.3, 0.4) is 0 Å². The third-order valence-electron chi connectivity index (χ3n) is 6.78. The maximum absolute atomic E-state index is 13.7. The average Bonchev–Trinajstić information content (AvgIpc) is 3.46. The molecule has 4 aromatic carbocycles. The van der Waals surface area contributed by atoms with E-state index in [1.165, 1.54) is 17.0 Å². The Hall–Kier alpha value is -4.45. The molecule has 0 radical (unpaired) electrons. The molecule has 0 bridgehead atoms. The van der Waals surface area contributed by atoms with Gasteiger partial charge in [0.25, 0.3) is 5.56 Å². The Bertz CT molecular complexity index is 2190. The summed E-state index contributed by atoms with van der Waals surface area (Å²) < 4.78 is 20.4. The maximum atomic E-state index is 13.7. The van der Waals surface area contributed by atoms with E-state index in [2.05, 4.69) is 37.0 Å². The number of hydrogen-bond acceptors (Lipinski definition) is 7. The molecule has 2 aromatic heterocycles. The number of aromatic nitrogens is 2. The Kier molecular flexibility index (Phi) is 8.75. The van der Waals surface area contributed by atoms with Crippen LogP contribution in [-0.2, 0) is 6.61 Å². The molecule has 9 nitrogen and oxygen atoms in total. The highest BCUT2D eigenvalue weighted by atomic mass is 79.9. The molecule has 0 fully saturated rings. The highest BCUT2D eigenvalue weighted by Gasteiger charge is 2.20. The lowest BCUT2D eigenvalue weighted by Gasteiger charge is -2.16. The van der Waals surface area contributed by atoms with Gasteiger partial charge in [0, 0.05) is 20.4 Å². The summed E-state index contributed by atoms with van der Waals surface area (Å²) >= 11 is 13.4. The molecule has 0 aliphatic rings. The average molecular weight is 752 g/mol. The molecule has 0 unspecified atom stereocenters. The van der Waals surface area contributed by atoms with E-state index < -0.39 is 5.97 Å². The normalized spacial score (nSPS) is 11.5. The van der Waals surface area contributed by atoms with Gasteiger partial charge in [0.1, 0.15) is 12.2 Å². The van der Waals surface area contributed by atoms with Crippen LogP contribution in [0.5, 0.6) is 11.5 Å². The number of carbonyl (C=O) groups is 1. The van der Waals surface area contributed by atoms with Crippen molar-refractivity contribution in [2.75, 3.05) is 6.61 Å². The zero-order valence-corrected chi connectivity index (χ0v) is 27.4. The molecule has 0 saturated carbocycles. The lowest BCUT2D eigenvalue weighted by atomic mass is 10.1. The third kappa shape index (κ3) is 6.24. The Labute approximate surface area is 277 Å². The van der Waals surface area contributed by atoms with E-state index in [4.69, 9.17) is 30.5 Å². The molecule has 6 aromatic rings. The lowest BCUT2D eigenvalue weighted by Crippen LogP contribution is -2.20. The zero-order valence-electron chi connectivity index (χ0n) is 23.5. The molecule has 6 rings (SSSR count). The highest BCUT2D eigenvalue weighted by Crippen LogP contribution is 2.43. The molecule has 2 heterocycles. The van der Waals surface area contributed by atoms with Crippen molar-refractivity contribution in [1.82, 2.24) is 9.66 Å². The molecule has 0 spiro atoms. The SMILES string of the molecule is CCOc1cc(C=Nn2c(-c3cc4cc(Cl)ccc4o3)nc3ccccc3c2=O)c(Br)c(Br)c1OCc1cccc(C(=O)O)c1. The van der Waals surface area contributed by atoms with E-state index in [1.54, 1.807) is 72.8 Å². The number of halogens is 3. The van der Waals surface area contributed by atoms with Gasteiger partial charge in [-0.25, -0.2) is 9.78 Å². The first-order valence-corrected chi connectivity index (χ1v) is 15.6. The number of benzene rings is 4. The Balaban J connectivity index is 1.41. The van der Waals surface area contributed by atoms with Crippen molar-refractivity contribution in [3.05, 3.63) is 120 Å². The molecule has 12 heteroatoms. The second-order valence-corrected chi connectivity index (χ2v) is 11.8. The molecule has 0 atom stereocenters. The number of carboxylic acid groups (broad SMARTS) is 1. The van der Waals surface area contributed by atoms with E-state index in [0.29, 0.717) is 65.4 Å². The fourth-order valence-corrected chi connectivity index (χ4v) is 5.80. The van der Waals surface area contributed by atoms with Crippen LogP contribution in [0.25, 0.3) is 33.5 Å². The van der Waals surface area contributed by atoms with Crippen molar-refractivity contribution in [1.29, 1.82) is 0 Å². The van der Waals surface area contributed by atoms with Gasteiger partial charge in [-0.05, 0) is 98.9 Å². The number of furan rings is 1. The first-order chi connectivity index (χ1) is 21.7. The predicted octanol–water partition coefficient (Wildman–Crippen LogP) is 8.55. The Morgan fingerprint density at radius 2 is 1.87 bits per heavy atom. The number of aromatic carboxylic acids is 1. The van der Waals surface area contributed by atoms with Gasteiger partial charge < -0.3 is 19.0 Å². The van der Waals surface area contributed by atoms with E-state index in [0.717, 1.165) is 5.39 Å².